The van der Waals surface area contributed by atoms with Crippen molar-refractivity contribution in [2.75, 3.05) is 0 Å². The SMILES string of the molecule is C=CC(=O)c1ccc(I)s1. The number of hydrogen-bond acceptors (Lipinski definition) is 2. The van der Waals surface area contributed by atoms with Gasteiger partial charge in [-0.05, 0) is 40.8 Å². The number of carbonyl (C=O) groups excluding carboxylic acids is 1. The number of ketones is 1. The maximum atomic E-state index is 10.9. The zero-order valence-electron chi connectivity index (χ0n) is 5.13. The van der Waals surface area contributed by atoms with Gasteiger partial charge in [-0.2, -0.15) is 0 Å². The Morgan fingerprint density at radius 3 is 2.80 bits per heavy atom. The molecule has 0 fully saturated rings. The molecule has 0 unspecified atom stereocenters. The molecule has 0 aromatic carbocycles. The van der Waals surface area contributed by atoms with Gasteiger partial charge in [0.05, 0.1) is 7.76 Å². The molecule has 52 valence electrons. The highest BCUT2D eigenvalue weighted by Gasteiger charge is 2.02. The molecule has 0 atom stereocenters. The highest BCUT2D eigenvalue weighted by molar-refractivity contribution is 14.1. The predicted molar refractivity (Wildman–Crippen MR) is 51.6 cm³/mol. The Morgan fingerprint density at radius 1 is 1.70 bits per heavy atom. The fourth-order valence-corrected chi connectivity index (χ4v) is 2.10. The summed E-state index contributed by atoms with van der Waals surface area (Å²) in [6.07, 6.45) is 1.34. The molecule has 3 heteroatoms. The van der Waals surface area contributed by atoms with Crippen molar-refractivity contribution in [3.05, 3.63) is 32.5 Å². The number of halogens is 1. The Bertz CT molecular complexity index is 264. The molecule has 1 aromatic rings. The van der Waals surface area contributed by atoms with Crippen molar-refractivity contribution >= 4 is 39.7 Å². The average Bonchev–Trinajstić information content (AvgIpc) is 2.34. The lowest BCUT2D eigenvalue weighted by atomic mass is 10.3. The summed E-state index contributed by atoms with van der Waals surface area (Å²) in [5.41, 5.74) is 0. The van der Waals surface area contributed by atoms with Crippen LogP contribution in [0, 0.1) is 2.88 Å². The molecule has 1 nitrogen and oxygen atoms in total. The molecule has 0 aliphatic rings. The standard InChI is InChI=1S/C7H5IOS/c1-2-5(9)6-3-4-7(8)10-6/h2-4H,1H2. The first-order valence-electron chi connectivity index (χ1n) is 2.66. The summed E-state index contributed by atoms with van der Waals surface area (Å²) in [5, 5.41) is 0. The highest BCUT2D eigenvalue weighted by Crippen LogP contribution is 2.18. The normalized spacial score (nSPS) is 9.30. The van der Waals surface area contributed by atoms with Crippen LogP contribution in [-0.2, 0) is 0 Å². The van der Waals surface area contributed by atoms with E-state index in [1.165, 1.54) is 17.4 Å². The van der Waals surface area contributed by atoms with E-state index in [1.807, 2.05) is 12.1 Å². The molecule has 0 amide bonds. The van der Waals surface area contributed by atoms with Gasteiger partial charge in [0.2, 0.25) is 0 Å². The van der Waals surface area contributed by atoms with Crippen molar-refractivity contribution in [1.82, 2.24) is 0 Å². The third-order valence-corrected chi connectivity index (χ3v) is 2.91. The van der Waals surface area contributed by atoms with Crippen LogP contribution in [0.3, 0.4) is 0 Å². The van der Waals surface area contributed by atoms with Gasteiger partial charge in [0.15, 0.2) is 5.78 Å². The number of carbonyl (C=O) groups is 1. The number of hydrogen-bond donors (Lipinski definition) is 0. The van der Waals surface area contributed by atoms with Gasteiger partial charge in [0, 0.05) is 0 Å². The fraction of sp³-hybridized carbons (Fsp3) is 0. The third-order valence-electron chi connectivity index (χ3n) is 1.00. The Labute approximate surface area is 76.9 Å². The summed E-state index contributed by atoms with van der Waals surface area (Å²) in [7, 11) is 0. The number of thiophene rings is 1. The monoisotopic (exact) mass is 264 g/mol. The molecular formula is C7H5IOS. The van der Waals surface area contributed by atoms with Crippen LogP contribution < -0.4 is 0 Å². The van der Waals surface area contributed by atoms with Gasteiger partial charge in [-0.25, -0.2) is 0 Å². The maximum absolute atomic E-state index is 10.9. The zero-order valence-corrected chi connectivity index (χ0v) is 8.11. The second-order valence-corrected chi connectivity index (χ2v) is 4.65. The van der Waals surface area contributed by atoms with E-state index >= 15 is 0 Å². The first-order chi connectivity index (χ1) is 4.74. The first kappa shape index (κ1) is 7.94. The Kier molecular flexibility index (Phi) is 2.62. The van der Waals surface area contributed by atoms with Crippen molar-refractivity contribution in [3.63, 3.8) is 0 Å². The van der Waals surface area contributed by atoms with E-state index < -0.39 is 0 Å². The molecule has 1 aromatic heterocycles. The van der Waals surface area contributed by atoms with E-state index in [9.17, 15) is 4.79 Å². The Hall–Kier alpha value is -0.160. The van der Waals surface area contributed by atoms with Gasteiger partial charge < -0.3 is 0 Å². The molecule has 0 aliphatic heterocycles. The van der Waals surface area contributed by atoms with E-state index in [1.54, 1.807) is 0 Å². The van der Waals surface area contributed by atoms with Gasteiger partial charge >= 0.3 is 0 Å². The van der Waals surface area contributed by atoms with Crippen LogP contribution in [-0.4, -0.2) is 5.78 Å². The summed E-state index contributed by atoms with van der Waals surface area (Å²) >= 11 is 3.67. The lowest BCUT2D eigenvalue weighted by Gasteiger charge is -1.82. The van der Waals surface area contributed by atoms with E-state index in [4.69, 9.17) is 0 Å². The summed E-state index contributed by atoms with van der Waals surface area (Å²) in [5.74, 6) is 0.00733. The van der Waals surface area contributed by atoms with Crippen LogP contribution in [0.15, 0.2) is 24.8 Å². The van der Waals surface area contributed by atoms with Crippen LogP contribution in [0.25, 0.3) is 0 Å². The molecule has 0 aliphatic carbocycles. The predicted octanol–water partition coefficient (Wildman–Crippen LogP) is 2.72. The Balaban J connectivity index is 2.95. The molecule has 0 bridgehead atoms. The second kappa shape index (κ2) is 3.30. The van der Waals surface area contributed by atoms with Crippen LogP contribution in [0.2, 0.25) is 0 Å². The first-order valence-corrected chi connectivity index (χ1v) is 4.55. The molecule has 0 N–H and O–H groups in total. The van der Waals surface area contributed by atoms with Gasteiger partial charge in [0.25, 0.3) is 0 Å². The molecule has 0 spiro atoms. The minimum Gasteiger partial charge on any atom is -0.288 e. The molecule has 0 saturated carbocycles. The smallest absolute Gasteiger partial charge is 0.195 e. The summed E-state index contributed by atoms with van der Waals surface area (Å²) in [6.45, 7) is 3.40. The third kappa shape index (κ3) is 1.67. The number of allylic oxidation sites excluding steroid dienone is 1. The number of rotatable bonds is 2. The van der Waals surface area contributed by atoms with E-state index in [0.29, 0.717) is 0 Å². The Morgan fingerprint density at radius 2 is 2.40 bits per heavy atom. The largest absolute Gasteiger partial charge is 0.288 e. The quantitative estimate of drug-likeness (QED) is 0.456. The van der Waals surface area contributed by atoms with E-state index in [2.05, 4.69) is 29.2 Å². The molecule has 0 radical (unpaired) electrons. The van der Waals surface area contributed by atoms with Crippen LogP contribution in [0.5, 0.6) is 0 Å². The molecule has 10 heavy (non-hydrogen) atoms. The maximum Gasteiger partial charge on any atom is 0.195 e. The van der Waals surface area contributed by atoms with Gasteiger partial charge in [0.1, 0.15) is 0 Å². The van der Waals surface area contributed by atoms with Gasteiger partial charge in [-0.3, -0.25) is 4.79 Å². The zero-order chi connectivity index (χ0) is 7.56. The summed E-state index contributed by atoms with van der Waals surface area (Å²) < 4.78 is 1.13. The van der Waals surface area contributed by atoms with Gasteiger partial charge in [-0.15, -0.1) is 11.3 Å². The van der Waals surface area contributed by atoms with Crippen molar-refractivity contribution in [2.45, 2.75) is 0 Å². The van der Waals surface area contributed by atoms with E-state index in [-0.39, 0.29) is 5.78 Å². The molecule has 0 saturated heterocycles. The van der Waals surface area contributed by atoms with Crippen LogP contribution in [0.4, 0.5) is 0 Å². The minimum absolute atomic E-state index is 0.00733. The summed E-state index contributed by atoms with van der Waals surface area (Å²) in [4.78, 5) is 11.7. The lowest BCUT2D eigenvalue weighted by Crippen LogP contribution is -1.86. The van der Waals surface area contributed by atoms with Crippen molar-refractivity contribution < 1.29 is 4.79 Å². The average molecular weight is 264 g/mol. The summed E-state index contributed by atoms with van der Waals surface area (Å²) in [6, 6.07) is 3.73. The van der Waals surface area contributed by atoms with Crippen molar-refractivity contribution in [2.24, 2.45) is 0 Å². The minimum atomic E-state index is 0.00733. The van der Waals surface area contributed by atoms with Crippen molar-refractivity contribution in [1.29, 1.82) is 0 Å². The highest BCUT2D eigenvalue weighted by atomic mass is 127. The topological polar surface area (TPSA) is 17.1 Å². The second-order valence-electron chi connectivity index (χ2n) is 1.67. The fourth-order valence-electron chi connectivity index (χ4n) is 0.547. The molecule has 1 heterocycles. The molecular weight excluding hydrogens is 259 g/mol. The van der Waals surface area contributed by atoms with Crippen molar-refractivity contribution in [3.8, 4) is 0 Å². The van der Waals surface area contributed by atoms with E-state index in [0.717, 1.165) is 7.76 Å². The van der Waals surface area contributed by atoms with Crippen LogP contribution in [0.1, 0.15) is 9.67 Å². The molecule has 1 rings (SSSR count). The van der Waals surface area contributed by atoms with Crippen LogP contribution >= 0.6 is 33.9 Å². The lowest BCUT2D eigenvalue weighted by molar-refractivity contribution is 0.105. The van der Waals surface area contributed by atoms with Gasteiger partial charge in [-0.1, -0.05) is 6.58 Å².